The number of amides is 2. The summed E-state index contributed by atoms with van der Waals surface area (Å²) in [6, 6.07) is 5.33. The number of likely N-dealkylation sites (tertiary alicyclic amines) is 1. The van der Waals surface area contributed by atoms with Crippen LogP contribution in [0.3, 0.4) is 0 Å². The number of hydrogen-bond donors (Lipinski definition) is 1. The second-order valence-corrected chi connectivity index (χ2v) is 7.59. The van der Waals surface area contributed by atoms with E-state index in [4.69, 9.17) is 9.47 Å². The zero-order chi connectivity index (χ0) is 19.2. The lowest BCUT2D eigenvalue weighted by molar-refractivity contribution is 0.109. The summed E-state index contributed by atoms with van der Waals surface area (Å²) in [6.07, 6.45) is 2.62. The maximum Gasteiger partial charge on any atom is 0.321 e. The Morgan fingerprint density at radius 3 is 2.33 bits per heavy atom. The minimum atomic E-state index is -0.0673. The number of urea groups is 1. The molecule has 2 amide bonds. The zero-order valence-corrected chi connectivity index (χ0v) is 16.7. The molecule has 0 aliphatic carbocycles. The van der Waals surface area contributed by atoms with E-state index in [0.29, 0.717) is 17.2 Å². The number of nitrogens with one attached hydrogen (secondary N) is 1. The lowest BCUT2D eigenvalue weighted by Crippen LogP contribution is -2.51. The van der Waals surface area contributed by atoms with Crippen LogP contribution in [0.5, 0.6) is 11.5 Å². The molecule has 2 aliphatic rings. The van der Waals surface area contributed by atoms with Crippen LogP contribution in [0.2, 0.25) is 0 Å². The number of piperidine rings is 1. The number of anilines is 1. The predicted molar refractivity (Wildman–Crippen MR) is 107 cm³/mol. The van der Waals surface area contributed by atoms with E-state index < -0.39 is 0 Å². The van der Waals surface area contributed by atoms with Crippen molar-refractivity contribution in [2.75, 3.05) is 72.4 Å². The molecule has 150 valence electrons. The molecule has 7 heteroatoms. The van der Waals surface area contributed by atoms with Crippen LogP contribution in [0.25, 0.3) is 0 Å². The molecule has 7 nitrogen and oxygen atoms in total. The van der Waals surface area contributed by atoms with Gasteiger partial charge in [-0.05, 0) is 32.4 Å². The van der Waals surface area contributed by atoms with Crippen molar-refractivity contribution in [2.24, 2.45) is 5.92 Å². The van der Waals surface area contributed by atoms with Crippen LogP contribution in [0.4, 0.5) is 10.5 Å². The molecule has 0 spiro atoms. The van der Waals surface area contributed by atoms with E-state index in [2.05, 4.69) is 22.2 Å². The Kier molecular flexibility index (Phi) is 6.79. The molecule has 1 unspecified atom stereocenters. The largest absolute Gasteiger partial charge is 0.497 e. The Morgan fingerprint density at radius 1 is 1.07 bits per heavy atom. The summed E-state index contributed by atoms with van der Waals surface area (Å²) >= 11 is 0. The number of benzene rings is 1. The number of carbonyl (C=O) groups is 1. The Labute approximate surface area is 162 Å². The molecule has 2 fully saturated rings. The first-order valence-corrected chi connectivity index (χ1v) is 9.77. The van der Waals surface area contributed by atoms with Crippen molar-refractivity contribution < 1.29 is 14.3 Å². The number of hydrogen-bond acceptors (Lipinski definition) is 5. The lowest BCUT2D eigenvalue weighted by atomic mass is 9.97. The van der Waals surface area contributed by atoms with Crippen LogP contribution < -0.4 is 14.8 Å². The molecule has 2 heterocycles. The number of piperazine rings is 1. The van der Waals surface area contributed by atoms with E-state index in [-0.39, 0.29) is 6.03 Å². The highest BCUT2D eigenvalue weighted by Crippen LogP contribution is 2.26. The summed E-state index contributed by atoms with van der Waals surface area (Å²) < 4.78 is 10.5. The smallest absolute Gasteiger partial charge is 0.321 e. The predicted octanol–water partition coefficient (Wildman–Crippen LogP) is 2.20. The normalized spacial score (nSPS) is 21.7. The monoisotopic (exact) mass is 376 g/mol. The summed E-state index contributed by atoms with van der Waals surface area (Å²) in [7, 11) is 5.41. The van der Waals surface area contributed by atoms with E-state index in [0.717, 1.165) is 38.6 Å². The number of nitrogens with zero attached hydrogens (tertiary/aromatic N) is 3. The Bertz CT molecular complexity index is 609. The van der Waals surface area contributed by atoms with Gasteiger partial charge in [-0.15, -0.1) is 0 Å². The molecule has 2 aliphatic heterocycles. The van der Waals surface area contributed by atoms with Crippen molar-refractivity contribution in [3.8, 4) is 11.5 Å². The fourth-order valence-electron chi connectivity index (χ4n) is 4.00. The first-order valence-electron chi connectivity index (χ1n) is 9.77. The van der Waals surface area contributed by atoms with Crippen molar-refractivity contribution in [1.82, 2.24) is 14.7 Å². The van der Waals surface area contributed by atoms with Crippen molar-refractivity contribution >= 4 is 11.7 Å². The van der Waals surface area contributed by atoms with Crippen LogP contribution >= 0.6 is 0 Å². The molecule has 1 atom stereocenters. The summed E-state index contributed by atoms with van der Waals surface area (Å²) in [6.45, 7) is 6.96. The van der Waals surface area contributed by atoms with Gasteiger partial charge in [0.05, 0.1) is 14.2 Å². The number of rotatable bonds is 5. The minimum Gasteiger partial charge on any atom is -0.497 e. The van der Waals surface area contributed by atoms with Gasteiger partial charge in [0.25, 0.3) is 0 Å². The van der Waals surface area contributed by atoms with Crippen LogP contribution in [0, 0.1) is 5.92 Å². The van der Waals surface area contributed by atoms with Crippen molar-refractivity contribution in [3.05, 3.63) is 18.2 Å². The van der Waals surface area contributed by atoms with Gasteiger partial charge in [-0.2, -0.15) is 0 Å². The number of methoxy groups -OCH3 is 2. The standard InChI is InChI=1S/C20H32N4O3/c1-22-6-4-5-16(14-22)15-23-7-9-24(10-8-23)20(25)21-17-11-18(26-2)13-19(12-17)27-3/h11-13,16H,4-10,14-15H2,1-3H3,(H,21,25). The average Bonchev–Trinajstić information content (AvgIpc) is 2.68. The second kappa shape index (κ2) is 9.28. The van der Waals surface area contributed by atoms with Crippen molar-refractivity contribution in [1.29, 1.82) is 0 Å². The maximum absolute atomic E-state index is 12.6. The van der Waals surface area contributed by atoms with Crippen LogP contribution in [-0.2, 0) is 0 Å². The summed E-state index contributed by atoms with van der Waals surface area (Å²) in [5.74, 6) is 2.08. The molecule has 0 saturated carbocycles. The third kappa shape index (κ3) is 5.49. The van der Waals surface area contributed by atoms with Gasteiger partial charge in [0.15, 0.2) is 0 Å². The van der Waals surface area contributed by atoms with E-state index in [1.807, 2.05) is 4.90 Å². The molecule has 3 rings (SSSR count). The SMILES string of the molecule is COc1cc(NC(=O)N2CCN(CC3CCCN(C)C3)CC2)cc(OC)c1. The van der Waals surface area contributed by atoms with Gasteiger partial charge in [0.1, 0.15) is 11.5 Å². The van der Waals surface area contributed by atoms with Gasteiger partial charge in [-0.25, -0.2) is 4.79 Å². The third-order valence-corrected chi connectivity index (χ3v) is 5.50. The van der Waals surface area contributed by atoms with Crippen molar-refractivity contribution in [2.45, 2.75) is 12.8 Å². The molecular weight excluding hydrogens is 344 g/mol. The fraction of sp³-hybridized carbons (Fsp3) is 0.650. The Morgan fingerprint density at radius 2 is 1.74 bits per heavy atom. The van der Waals surface area contributed by atoms with E-state index in [9.17, 15) is 4.79 Å². The van der Waals surface area contributed by atoms with Gasteiger partial charge in [0, 0.05) is 63.2 Å². The molecule has 1 aromatic carbocycles. The van der Waals surface area contributed by atoms with Crippen LogP contribution in [-0.4, -0.2) is 87.8 Å². The minimum absolute atomic E-state index is 0.0673. The number of carbonyl (C=O) groups excluding carboxylic acids is 1. The summed E-state index contributed by atoms with van der Waals surface area (Å²) in [5.41, 5.74) is 0.684. The molecule has 0 aromatic heterocycles. The van der Waals surface area contributed by atoms with Gasteiger partial charge in [-0.1, -0.05) is 0 Å². The summed E-state index contributed by atoms with van der Waals surface area (Å²) in [4.78, 5) is 19.4. The first kappa shape index (κ1) is 19.8. The number of ether oxygens (including phenoxy) is 2. The Balaban J connectivity index is 1.48. The molecule has 2 saturated heterocycles. The molecule has 0 radical (unpaired) electrons. The molecule has 1 N–H and O–H groups in total. The topological polar surface area (TPSA) is 57.3 Å². The fourth-order valence-corrected chi connectivity index (χ4v) is 4.00. The second-order valence-electron chi connectivity index (χ2n) is 7.59. The van der Waals surface area contributed by atoms with E-state index in [1.54, 1.807) is 32.4 Å². The van der Waals surface area contributed by atoms with E-state index >= 15 is 0 Å². The first-order chi connectivity index (χ1) is 13.1. The molecule has 1 aromatic rings. The Hall–Kier alpha value is -1.99. The van der Waals surface area contributed by atoms with Gasteiger partial charge < -0.3 is 24.6 Å². The highest BCUT2D eigenvalue weighted by molar-refractivity contribution is 5.90. The third-order valence-electron chi connectivity index (χ3n) is 5.50. The van der Waals surface area contributed by atoms with Crippen LogP contribution in [0.15, 0.2) is 18.2 Å². The van der Waals surface area contributed by atoms with E-state index in [1.165, 1.54) is 25.9 Å². The van der Waals surface area contributed by atoms with Gasteiger partial charge >= 0.3 is 6.03 Å². The van der Waals surface area contributed by atoms with Crippen LogP contribution in [0.1, 0.15) is 12.8 Å². The molecular formula is C20H32N4O3. The summed E-state index contributed by atoms with van der Waals surface area (Å²) in [5, 5.41) is 2.96. The quantitative estimate of drug-likeness (QED) is 0.854. The van der Waals surface area contributed by atoms with Crippen molar-refractivity contribution in [3.63, 3.8) is 0 Å². The zero-order valence-electron chi connectivity index (χ0n) is 16.7. The molecule has 0 bridgehead atoms. The molecule has 27 heavy (non-hydrogen) atoms. The van der Waals surface area contributed by atoms with Gasteiger partial charge in [0.2, 0.25) is 0 Å². The maximum atomic E-state index is 12.6. The average molecular weight is 377 g/mol. The highest BCUT2D eigenvalue weighted by Gasteiger charge is 2.25. The lowest BCUT2D eigenvalue weighted by Gasteiger charge is -2.38. The highest BCUT2D eigenvalue weighted by atomic mass is 16.5. The van der Waals surface area contributed by atoms with Gasteiger partial charge in [-0.3, -0.25) is 4.90 Å².